The van der Waals surface area contributed by atoms with Crippen LogP contribution in [-0.2, 0) is 21.2 Å². The van der Waals surface area contributed by atoms with Gasteiger partial charge in [0.15, 0.2) is 0 Å². The zero-order valence-corrected chi connectivity index (χ0v) is 20.7. The first-order valence-electron chi connectivity index (χ1n) is 11.2. The van der Waals surface area contributed by atoms with Crippen LogP contribution in [0.1, 0.15) is 25.3 Å². The van der Waals surface area contributed by atoms with Gasteiger partial charge < -0.3 is 10.1 Å². The molecule has 180 valence electrons. The Labute approximate surface area is 206 Å². The highest BCUT2D eigenvalue weighted by Gasteiger charge is 2.27. The third-order valence-electron chi connectivity index (χ3n) is 5.11. The number of rotatable bonds is 12. The van der Waals surface area contributed by atoms with Gasteiger partial charge in [0.05, 0.1) is 17.2 Å². The predicted molar refractivity (Wildman–Crippen MR) is 136 cm³/mol. The summed E-state index contributed by atoms with van der Waals surface area (Å²) in [6.45, 7) is 2.80. The van der Waals surface area contributed by atoms with Crippen molar-refractivity contribution in [2.24, 2.45) is 0 Å². The number of sulfonamides is 1. The van der Waals surface area contributed by atoms with Crippen molar-refractivity contribution in [1.29, 1.82) is 0 Å². The first-order valence-corrected chi connectivity index (χ1v) is 13.0. The van der Waals surface area contributed by atoms with Gasteiger partial charge in [0.2, 0.25) is 5.91 Å². The highest BCUT2D eigenvalue weighted by molar-refractivity contribution is 7.92. The Morgan fingerprint density at radius 2 is 1.65 bits per heavy atom. The van der Waals surface area contributed by atoms with E-state index in [1.165, 1.54) is 12.1 Å². The van der Waals surface area contributed by atoms with E-state index in [0.29, 0.717) is 30.3 Å². The molecule has 1 amide bonds. The predicted octanol–water partition coefficient (Wildman–Crippen LogP) is 5.07. The van der Waals surface area contributed by atoms with E-state index in [9.17, 15) is 13.2 Å². The summed E-state index contributed by atoms with van der Waals surface area (Å²) in [7, 11) is -3.94. The number of aryl methyl sites for hydroxylation is 1. The van der Waals surface area contributed by atoms with Crippen molar-refractivity contribution in [2.75, 3.05) is 24.0 Å². The topological polar surface area (TPSA) is 75.7 Å². The van der Waals surface area contributed by atoms with Crippen molar-refractivity contribution in [2.45, 2.75) is 31.1 Å². The molecule has 6 nitrogen and oxygen atoms in total. The Hall–Kier alpha value is -3.03. The molecule has 0 spiro atoms. The van der Waals surface area contributed by atoms with Crippen LogP contribution in [0.5, 0.6) is 5.75 Å². The Morgan fingerprint density at radius 3 is 2.35 bits per heavy atom. The van der Waals surface area contributed by atoms with Gasteiger partial charge in [-0.05, 0) is 67.3 Å². The van der Waals surface area contributed by atoms with E-state index >= 15 is 0 Å². The molecule has 0 bridgehead atoms. The number of halogens is 1. The summed E-state index contributed by atoms with van der Waals surface area (Å²) in [4.78, 5) is 12.8. The van der Waals surface area contributed by atoms with Crippen LogP contribution in [0.2, 0.25) is 5.02 Å². The molecule has 34 heavy (non-hydrogen) atoms. The molecule has 0 aromatic heterocycles. The van der Waals surface area contributed by atoms with Crippen LogP contribution in [0.4, 0.5) is 5.69 Å². The van der Waals surface area contributed by atoms with Crippen molar-refractivity contribution in [3.05, 3.63) is 89.4 Å². The fraction of sp³-hybridized carbons (Fsp3) is 0.269. The molecule has 8 heteroatoms. The monoisotopic (exact) mass is 500 g/mol. The van der Waals surface area contributed by atoms with E-state index in [-0.39, 0.29) is 17.3 Å². The number of benzene rings is 3. The average molecular weight is 501 g/mol. The lowest BCUT2D eigenvalue weighted by molar-refractivity contribution is -0.119. The minimum atomic E-state index is -3.94. The van der Waals surface area contributed by atoms with Gasteiger partial charge in [-0.3, -0.25) is 9.10 Å². The van der Waals surface area contributed by atoms with Gasteiger partial charge >= 0.3 is 0 Å². The molecular formula is C26H29ClN2O4S. The lowest BCUT2D eigenvalue weighted by Gasteiger charge is -2.24. The first kappa shape index (κ1) is 25.6. The molecule has 0 aliphatic carbocycles. The lowest BCUT2D eigenvalue weighted by atomic mass is 10.1. The number of para-hydroxylation sites is 1. The first-order chi connectivity index (χ1) is 16.4. The highest BCUT2D eigenvalue weighted by Crippen LogP contribution is 2.25. The molecule has 3 aromatic rings. The Bertz CT molecular complexity index is 1170. The second kappa shape index (κ2) is 12.4. The summed E-state index contributed by atoms with van der Waals surface area (Å²) in [5, 5.41) is 3.32. The summed E-state index contributed by atoms with van der Waals surface area (Å²) < 4.78 is 33.5. The summed E-state index contributed by atoms with van der Waals surface area (Å²) in [6.07, 6.45) is 2.37. The van der Waals surface area contributed by atoms with E-state index in [2.05, 4.69) is 12.2 Å². The lowest BCUT2D eigenvalue weighted by Crippen LogP contribution is -2.41. The molecule has 0 radical (unpaired) electrons. The highest BCUT2D eigenvalue weighted by atomic mass is 35.5. The molecule has 0 saturated heterocycles. The molecule has 0 unspecified atom stereocenters. The second-order valence-corrected chi connectivity index (χ2v) is 10.0. The van der Waals surface area contributed by atoms with Gasteiger partial charge in [0.25, 0.3) is 10.0 Å². The van der Waals surface area contributed by atoms with Gasteiger partial charge in [0.1, 0.15) is 12.3 Å². The van der Waals surface area contributed by atoms with E-state index in [1.807, 2.05) is 24.3 Å². The van der Waals surface area contributed by atoms with Crippen LogP contribution in [-0.4, -0.2) is 34.0 Å². The number of hydrogen-bond donors (Lipinski definition) is 1. The molecule has 3 aromatic carbocycles. The van der Waals surface area contributed by atoms with Crippen molar-refractivity contribution >= 4 is 33.2 Å². The number of nitrogens with one attached hydrogen (secondary N) is 1. The van der Waals surface area contributed by atoms with Crippen LogP contribution < -0.4 is 14.4 Å². The van der Waals surface area contributed by atoms with Gasteiger partial charge in [-0.15, -0.1) is 0 Å². The van der Waals surface area contributed by atoms with Gasteiger partial charge in [-0.25, -0.2) is 8.42 Å². The van der Waals surface area contributed by atoms with Crippen LogP contribution in [0.3, 0.4) is 0 Å². The summed E-state index contributed by atoms with van der Waals surface area (Å²) in [6, 6.07) is 22.3. The van der Waals surface area contributed by atoms with Crippen molar-refractivity contribution < 1.29 is 17.9 Å². The number of ether oxygens (including phenoxy) is 1. The molecule has 1 N–H and O–H groups in total. The Morgan fingerprint density at radius 1 is 0.971 bits per heavy atom. The van der Waals surface area contributed by atoms with Crippen LogP contribution in [0.15, 0.2) is 83.8 Å². The summed E-state index contributed by atoms with van der Waals surface area (Å²) in [5.41, 5.74) is 1.45. The van der Waals surface area contributed by atoms with E-state index < -0.39 is 10.0 Å². The maximum absolute atomic E-state index is 13.3. The van der Waals surface area contributed by atoms with Crippen LogP contribution in [0, 0.1) is 0 Å². The fourth-order valence-electron chi connectivity index (χ4n) is 3.40. The SMILES string of the molecule is CCCOc1ccccc1CCCNC(=O)CN(c1ccc(Cl)cc1)S(=O)(=O)c1ccccc1. The third kappa shape index (κ3) is 6.98. The molecule has 0 saturated carbocycles. The number of amides is 1. The number of carbonyl (C=O) groups is 1. The smallest absolute Gasteiger partial charge is 0.264 e. The van der Waals surface area contributed by atoms with Crippen molar-refractivity contribution in [3.63, 3.8) is 0 Å². The van der Waals surface area contributed by atoms with E-state index in [4.69, 9.17) is 16.3 Å². The van der Waals surface area contributed by atoms with Crippen molar-refractivity contribution in [3.8, 4) is 5.75 Å². The van der Waals surface area contributed by atoms with Crippen molar-refractivity contribution in [1.82, 2.24) is 5.32 Å². The molecule has 0 aliphatic heterocycles. The number of anilines is 1. The third-order valence-corrected chi connectivity index (χ3v) is 7.15. The molecule has 0 heterocycles. The minimum absolute atomic E-state index is 0.112. The zero-order valence-electron chi connectivity index (χ0n) is 19.1. The summed E-state index contributed by atoms with van der Waals surface area (Å²) >= 11 is 5.97. The van der Waals surface area contributed by atoms with Crippen LogP contribution in [0.25, 0.3) is 0 Å². The second-order valence-electron chi connectivity index (χ2n) is 7.71. The molecular weight excluding hydrogens is 472 g/mol. The standard InChI is InChI=1S/C26H29ClN2O4S/c1-2-19-33-25-13-7-6-9-21(25)10-8-18-28-26(30)20-29(23-16-14-22(27)15-17-23)34(31,32)24-11-4-3-5-12-24/h3-7,9,11-17H,2,8,10,18-20H2,1H3,(H,28,30). The summed E-state index contributed by atoms with van der Waals surface area (Å²) in [5.74, 6) is 0.475. The zero-order chi connectivity index (χ0) is 24.4. The van der Waals surface area contributed by atoms with Gasteiger partial charge in [0, 0.05) is 11.6 Å². The number of hydrogen-bond acceptors (Lipinski definition) is 4. The average Bonchev–Trinajstić information content (AvgIpc) is 2.85. The van der Waals surface area contributed by atoms with Crippen LogP contribution >= 0.6 is 11.6 Å². The molecule has 0 aliphatic rings. The quantitative estimate of drug-likeness (QED) is 0.352. The molecule has 0 fully saturated rings. The fourth-order valence-corrected chi connectivity index (χ4v) is 4.97. The largest absolute Gasteiger partial charge is 0.493 e. The normalized spacial score (nSPS) is 11.1. The maximum atomic E-state index is 13.3. The molecule has 0 atom stereocenters. The Kier molecular flexibility index (Phi) is 9.36. The van der Waals surface area contributed by atoms with E-state index in [0.717, 1.165) is 28.5 Å². The minimum Gasteiger partial charge on any atom is -0.493 e. The maximum Gasteiger partial charge on any atom is 0.264 e. The van der Waals surface area contributed by atoms with Gasteiger partial charge in [-0.1, -0.05) is 54.9 Å². The Balaban J connectivity index is 1.64. The molecule has 3 rings (SSSR count). The van der Waals surface area contributed by atoms with E-state index in [1.54, 1.807) is 42.5 Å². The van der Waals surface area contributed by atoms with Gasteiger partial charge in [-0.2, -0.15) is 0 Å². The number of carbonyl (C=O) groups excluding carboxylic acids is 1. The number of nitrogens with zero attached hydrogens (tertiary/aromatic N) is 1.